The highest BCUT2D eigenvalue weighted by Crippen LogP contribution is 2.34. The van der Waals surface area contributed by atoms with Crippen molar-refractivity contribution in [2.75, 3.05) is 4.90 Å². The third-order valence-corrected chi connectivity index (χ3v) is 6.36. The number of esters is 1. The van der Waals surface area contributed by atoms with Crippen LogP contribution >= 0.6 is 34.5 Å². The van der Waals surface area contributed by atoms with E-state index in [4.69, 9.17) is 27.9 Å². The molecule has 0 aliphatic rings. The van der Waals surface area contributed by atoms with Crippen molar-refractivity contribution in [3.63, 3.8) is 0 Å². The fourth-order valence-electron chi connectivity index (χ4n) is 3.38. The minimum Gasteiger partial charge on any atom is -0.456 e. The van der Waals surface area contributed by atoms with Crippen LogP contribution in [0.2, 0.25) is 10.0 Å². The number of halogens is 2. The molecule has 32 heavy (non-hydrogen) atoms. The summed E-state index contributed by atoms with van der Waals surface area (Å²) in [5.74, 6) is -0.677. The minimum atomic E-state index is -0.538. The second-order valence-electron chi connectivity index (χ2n) is 7.31. The van der Waals surface area contributed by atoms with Crippen LogP contribution in [-0.2, 0) is 20.9 Å². The summed E-state index contributed by atoms with van der Waals surface area (Å²) in [5.41, 5.74) is 5.11. The largest absolute Gasteiger partial charge is 0.456 e. The Kier molecular flexibility index (Phi) is 7.72. The molecular formula is C24H22Cl2N2O3S. The molecule has 8 heteroatoms. The van der Waals surface area contributed by atoms with E-state index in [9.17, 15) is 9.59 Å². The number of nitrogens with zero attached hydrogens (tertiary/aromatic N) is 2. The molecule has 3 rings (SSSR count). The van der Waals surface area contributed by atoms with Gasteiger partial charge in [0.05, 0.1) is 21.4 Å². The number of ether oxygens (including phenoxy) is 1. The fraction of sp³-hybridized carbons (Fsp3) is 0.208. The number of aromatic nitrogens is 1. The molecule has 0 atom stereocenters. The number of rotatable bonds is 6. The van der Waals surface area contributed by atoms with Gasteiger partial charge in [0.15, 0.2) is 5.13 Å². The van der Waals surface area contributed by atoms with E-state index in [-0.39, 0.29) is 12.5 Å². The Labute approximate surface area is 201 Å². The van der Waals surface area contributed by atoms with Gasteiger partial charge < -0.3 is 4.74 Å². The Bertz CT molecular complexity index is 1180. The van der Waals surface area contributed by atoms with Crippen molar-refractivity contribution < 1.29 is 14.3 Å². The molecule has 0 N–H and O–H groups in total. The first-order chi connectivity index (χ1) is 15.2. The van der Waals surface area contributed by atoms with Crippen LogP contribution in [-0.4, -0.2) is 16.9 Å². The van der Waals surface area contributed by atoms with Crippen molar-refractivity contribution in [1.82, 2.24) is 4.98 Å². The maximum atomic E-state index is 12.5. The van der Waals surface area contributed by atoms with Crippen LogP contribution < -0.4 is 4.90 Å². The molecule has 0 aliphatic carbocycles. The summed E-state index contributed by atoms with van der Waals surface area (Å²) in [5, 5.41) is 3.08. The van der Waals surface area contributed by atoms with Crippen LogP contribution in [0.3, 0.4) is 0 Å². The lowest BCUT2D eigenvalue weighted by Crippen LogP contribution is -2.24. The number of amides is 1. The number of benzene rings is 2. The molecule has 1 heterocycles. The Balaban J connectivity index is 1.72. The van der Waals surface area contributed by atoms with Crippen LogP contribution in [0.1, 0.15) is 34.9 Å². The van der Waals surface area contributed by atoms with Crippen molar-refractivity contribution in [2.24, 2.45) is 0 Å². The number of anilines is 2. The summed E-state index contributed by atoms with van der Waals surface area (Å²) in [4.78, 5) is 30.7. The topological polar surface area (TPSA) is 59.5 Å². The number of aryl methyl sites for hydroxylation is 3. The van der Waals surface area contributed by atoms with Crippen molar-refractivity contribution in [2.45, 2.75) is 34.3 Å². The first-order valence-corrected chi connectivity index (χ1v) is 11.4. The number of thiazole rings is 1. The third-order valence-electron chi connectivity index (χ3n) is 4.65. The lowest BCUT2D eigenvalue weighted by Gasteiger charge is -2.23. The molecular weight excluding hydrogens is 467 g/mol. The summed E-state index contributed by atoms with van der Waals surface area (Å²) in [6.07, 6.45) is 2.83. The van der Waals surface area contributed by atoms with Gasteiger partial charge >= 0.3 is 5.97 Å². The molecule has 166 valence electrons. The van der Waals surface area contributed by atoms with E-state index < -0.39 is 5.97 Å². The van der Waals surface area contributed by atoms with E-state index in [2.05, 4.69) is 4.98 Å². The predicted octanol–water partition coefficient (Wildman–Crippen LogP) is 6.82. The van der Waals surface area contributed by atoms with Gasteiger partial charge in [-0.15, -0.1) is 11.3 Å². The van der Waals surface area contributed by atoms with Crippen molar-refractivity contribution in [3.05, 3.63) is 79.8 Å². The lowest BCUT2D eigenvalue weighted by molar-refractivity contribution is -0.139. The molecule has 0 radical (unpaired) electrons. The van der Waals surface area contributed by atoms with E-state index in [1.54, 1.807) is 34.6 Å². The third kappa shape index (κ3) is 5.57. The molecule has 0 saturated carbocycles. The predicted molar refractivity (Wildman–Crippen MR) is 131 cm³/mol. The number of carbonyl (C=O) groups excluding carboxylic acids is 2. The average molecular weight is 489 g/mol. The summed E-state index contributed by atoms with van der Waals surface area (Å²) in [6.45, 7) is 7.46. The summed E-state index contributed by atoms with van der Waals surface area (Å²) < 4.78 is 5.28. The van der Waals surface area contributed by atoms with Crippen LogP contribution in [0.4, 0.5) is 10.8 Å². The van der Waals surface area contributed by atoms with Crippen LogP contribution in [0.25, 0.3) is 6.08 Å². The molecule has 1 aromatic heterocycles. The van der Waals surface area contributed by atoms with Gasteiger partial charge in [-0.25, -0.2) is 9.78 Å². The highest BCUT2D eigenvalue weighted by atomic mass is 35.5. The molecule has 1 amide bonds. The lowest BCUT2D eigenvalue weighted by atomic mass is 10.0. The molecule has 0 fully saturated rings. The monoisotopic (exact) mass is 488 g/mol. The molecule has 5 nitrogen and oxygen atoms in total. The zero-order valence-corrected chi connectivity index (χ0v) is 20.4. The van der Waals surface area contributed by atoms with Gasteiger partial charge in [0.2, 0.25) is 5.91 Å². The standard InChI is InChI=1S/C24H22Cl2N2O3S/c1-14-10-15(2)23(16(3)11-14)28(17(4)29)24-27-19(13-32-24)12-31-21(30)9-8-18-6-5-7-20(25)22(18)26/h5-11,13H,12H2,1-4H3. The van der Waals surface area contributed by atoms with Gasteiger partial charge in [-0.3, -0.25) is 9.69 Å². The van der Waals surface area contributed by atoms with Crippen LogP contribution in [0, 0.1) is 20.8 Å². The first-order valence-electron chi connectivity index (χ1n) is 9.79. The second kappa shape index (κ2) is 10.3. The van der Waals surface area contributed by atoms with Crippen LogP contribution in [0.15, 0.2) is 41.8 Å². The summed E-state index contributed by atoms with van der Waals surface area (Å²) in [7, 11) is 0. The maximum Gasteiger partial charge on any atom is 0.331 e. The minimum absolute atomic E-state index is 0.0133. The summed E-state index contributed by atoms with van der Waals surface area (Å²) >= 11 is 13.4. The van der Waals surface area contributed by atoms with Gasteiger partial charge in [-0.1, -0.05) is 53.0 Å². The zero-order chi connectivity index (χ0) is 23.4. The quantitative estimate of drug-likeness (QED) is 0.282. The van der Waals surface area contributed by atoms with E-state index in [0.717, 1.165) is 22.4 Å². The molecule has 0 unspecified atom stereocenters. The second-order valence-corrected chi connectivity index (χ2v) is 8.93. The van der Waals surface area contributed by atoms with E-state index >= 15 is 0 Å². The number of hydrogen-bond donors (Lipinski definition) is 0. The Morgan fingerprint density at radius 2 is 1.84 bits per heavy atom. The average Bonchev–Trinajstić information content (AvgIpc) is 3.18. The van der Waals surface area contributed by atoms with Gasteiger partial charge in [-0.05, 0) is 49.6 Å². The van der Waals surface area contributed by atoms with Crippen LogP contribution in [0.5, 0.6) is 0 Å². The van der Waals surface area contributed by atoms with E-state index in [1.165, 1.54) is 24.3 Å². The highest BCUT2D eigenvalue weighted by Gasteiger charge is 2.22. The maximum absolute atomic E-state index is 12.5. The SMILES string of the molecule is CC(=O)N(c1nc(COC(=O)C=Cc2cccc(Cl)c2Cl)cs1)c1c(C)cc(C)cc1C. The van der Waals surface area contributed by atoms with E-state index in [1.807, 2.05) is 32.9 Å². The van der Waals surface area contributed by atoms with Crippen molar-refractivity contribution in [1.29, 1.82) is 0 Å². The highest BCUT2D eigenvalue weighted by molar-refractivity contribution is 7.14. The Morgan fingerprint density at radius 1 is 1.16 bits per heavy atom. The van der Waals surface area contributed by atoms with Gasteiger partial charge in [-0.2, -0.15) is 0 Å². The van der Waals surface area contributed by atoms with Crippen molar-refractivity contribution >= 4 is 63.3 Å². The normalized spacial score (nSPS) is 11.1. The summed E-state index contributed by atoms with van der Waals surface area (Å²) in [6, 6.07) is 9.23. The van der Waals surface area contributed by atoms with Gasteiger partial charge in [0.1, 0.15) is 6.61 Å². The molecule has 0 spiro atoms. The Hall–Kier alpha value is -2.67. The molecule has 0 bridgehead atoms. The molecule has 0 aliphatic heterocycles. The smallest absolute Gasteiger partial charge is 0.331 e. The van der Waals surface area contributed by atoms with E-state index in [0.29, 0.717) is 26.4 Å². The first kappa shape index (κ1) is 24.0. The molecule has 3 aromatic rings. The molecule has 0 saturated heterocycles. The zero-order valence-electron chi connectivity index (χ0n) is 18.1. The van der Waals surface area contributed by atoms with Crippen molar-refractivity contribution in [3.8, 4) is 0 Å². The fourth-order valence-corrected chi connectivity index (χ4v) is 4.61. The molecule has 2 aromatic carbocycles. The van der Waals surface area contributed by atoms with Gasteiger partial charge in [0, 0.05) is 18.4 Å². The number of hydrogen-bond acceptors (Lipinski definition) is 5. The van der Waals surface area contributed by atoms with Gasteiger partial charge in [0.25, 0.3) is 0 Å². The Morgan fingerprint density at radius 3 is 2.50 bits per heavy atom. The number of carbonyl (C=O) groups is 2.